The topological polar surface area (TPSA) is 37.8 Å². The van der Waals surface area contributed by atoms with Gasteiger partial charge in [0.15, 0.2) is 0 Å². The van der Waals surface area contributed by atoms with Crippen molar-refractivity contribution in [1.82, 2.24) is 15.3 Å². The normalized spacial score (nSPS) is 18.5. The molecule has 0 spiro atoms. The third-order valence-corrected chi connectivity index (χ3v) is 4.41. The summed E-state index contributed by atoms with van der Waals surface area (Å²) in [7, 11) is 0. The summed E-state index contributed by atoms with van der Waals surface area (Å²) in [5.74, 6) is 0.529. The van der Waals surface area contributed by atoms with Gasteiger partial charge in [-0.05, 0) is 43.7 Å². The quantitative estimate of drug-likeness (QED) is 0.780. The molecule has 22 heavy (non-hydrogen) atoms. The molecular weight excluding hydrogens is 270 g/mol. The summed E-state index contributed by atoms with van der Waals surface area (Å²) < 4.78 is 0. The Kier molecular flexibility index (Phi) is 3.57. The fourth-order valence-corrected chi connectivity index (χ4v) is 3.26. The highest BCUT2D eigenvalue weighted by Crippen LogP contribution is 2.28. The number of hydrogen-bond acceptors (Lipinski definition) is 3. The summed E-state index contributed by atoms with van der Waals surface area (Å²) in [6, 6.07) is 16.7. The van der Waals surface area contributed by atoms with Gasteiger partial charge in [0.1, 0.15) is 0 Å². The number of hydrogen-bond donors (Lipinski definition) is 1. The first kappa shape index (κ1) is 13.4. The van der Waals surface area contributed by atoms with E-state index in [0.29, 0.717) is 5.92 Å². The number of nitrogens with one attached hydrogen (secondary N) is 1. The maximum Gasteiger partial charge on any atom is 0.0712 e. The molecule has 1 atom stereocenters. The number of rotatable bonds is 2. The summed E-state index contributed by atoms with van der Waals surface area (Å²) in [5.41, 5.74) is 4.43. The Morgan fingerprint density at radius 2 is 1.95 bits per heavy atom. The van der Waals surface area contributed by atoms with Gasteiger partial charge in [0.2, 0.25) is 0 Å². The molecule has 1 aromatic carbocycles. The number of aromatic nitrogens is 2. The van der Waals surface area contributed by atoms with E-state index < -0.39 is 0 Å². The van der Waals surface area contributed by atoms with Gasteiger partial charge >= 0.3 is 0 Å². The number of pyridine rings is 2. The predicted octanol–water partition coefficient (Wildman–Crippen LogP) is 3.76. The summed E-state index contributed by atoms with van der Waals surface area (Å²) in [6.07, 6.45) is 4.29. The molecule has 1 aliphatic heterocycles. The molecule has 110 valence electrons. The molecule has 0 radical (unpaired) electrons. The summed E-state index contributed by atoms with van der Waals surface area (Å²) in [4.78, 5) is 9.39. The van der Waals surface area contributed by atoms with Crippen LogP contribution in [0.1, 0.15) is 24.5 Å². The maximum atomic E-state index is 4.95. The lowest BCUT2D eigenvalue weighted by molar-refractivity contribution is 0.455. The predicted molar refractivity (Wildman–Crippen MR) is 89.8 cm³/mol. The number of piperidine rings is 1. The summed E-state index contributed by atoms with van der Waals surface area (Å²) >= 11 is 0. The van der Waals surface area contributed by atoms with Crippen LogP contribution in [0.3, 0.4) is 0 Å². The minimum atomic E-state index is 0.529. The lowest BCUT2D eigenvalue weighted by Gasteiger charge is -2.22. The van der Waals surface area contributed by atoms with Crippen molar-refractivity contribution >= 4 is 10.9 Å². The minimum Gasteiger partial charge on any atom is -0.316 e. The van der Waals surface area contributed by atoms with Crippen LogP contribution in [0.25, 0.3) is 22.2 Å². The molecule has 0 bridgehead atoms. The average Bonchev–Trinajstić information content (AvgIpc) is 2.62. The van der Waals surface area contributed by atoms with Crippen LogP contribution in [0.4, 0.5) is 0 Å². The van der Waals surface area contributed by atoms with Gasteiger partial charge in [0.25, 0.3) is 0 Å². The van der Waals surface area contributed by atoms with Crippen molar-refractivity contribution in [3.05, 3.63) is 60.4 Å². The van der Waals surface area contributed by atoms with E-state index in [9.17, 15) is 0 Å². The first-order valence-corrected chi connectivity index (χ1v) is 7.93. The smallest absolute Gasteiger partial charge is 0.0712 e. The summed E-state index contributed by atoms with van der Waals surface area (Å²) in [6.45, 7) is 2.17. The Hall–Kier alpha value is -2.26. The second-order valence-electron chi connectivity index (χ2n) is 5.87. The van der Waals surface area contributed by atoms with Crippen molar-refractivity contribution in [2.75, 3.05) is 13.1 Å². The van der Waals surface area contributed by atoms with Crippen molar-refractivity contribution in [1.29, 1.82) is 0 Å². The van der Waals surface area contributed by atoms with Crippen LogP contribution in [-0.2, 0) is 0 Å². The van der Waals surface area contributed by atoms with Gasteiger partial charge in [-0.15, -0.1) is 0 Å². The van der Waals surface area contributed by atoms with E-state index in [4.69, 9.17) is 4.98 Å². The molecule has 3 aromatic rings. The first-order chi connectivity index (χ1) is 10.9. The van der Waals surface area contributed by atoms with Crippen molar-refractivity contribution in [3.8, 4) is 11.3 Å². The Morgan fingerprint density at radius 1 is 1.00 bits per heavy atom. The van der Waals surface area contributed by atoms with Crippen molar-refractivity contribution in [2.24, 2.45) is 0 Å². The van der Waals surface area contributed by atoms with Gasteiger partial charge in [-0.2, -0.15) is 0 Å². The zero-order valence-electron chi connectivity index (χ0n) is 12.5. The molecule has 0 amide bonds. The molecule has 3 heteroatoms. The van der Waals surface area contributed by atoms with Crippen LogP contribution in [0, 0.1) is 0 Å². The largest absolute Gasteiger partial charge is 0.316 e. The van der Waals surface area contributed by atoms with Crippen molar-refractivity contribution in [3.63, 3.8) is 0 Å². The maximum absolute atomic E-state index is 4.95. The SMILES string of the molecule is c1cc(-c2cccc3ncccc23)nc(C2CCCNC2)c1. The van der Waals surface area contributed by atoms with E-state index in [1.165, 1.54) is 18.5 Å². The lowest BCUT2D eigenvalue weighted by Crippen LogP contribution is -2.28. The molecule has 0 aliphatic carbocycles. The van der Waals surface area contributed by atoms with Gasteiger partial charge in [0.05, 0.1) is 11.2 Å². The van der Waals surface area contributed by atoms with Gasteiger partial charge in [-0.3, -0.25) is 9.97 Å². The number of benzene rings is 1. The van der Waals surface area contributed by atoms with E-state index in [2.05, 4.69) is 46.7 Å². The molecule has 1 fully saturated rings. The zero-order valence-corrected chi connectivity index (χ0v) is 12.5. The second-order valence-corrected chi connectivity index (χ2v) is 5.87. The zero-order chi connectivity index (χ0) is 14.8. The van der Waals surface area contributed by atoms with E-state index >= 15 is 0 Å². The number of fused-ring (bicyclic) bond motifs is 1. The molecular formula is C19H19N3. The average molecular weight is 289 g/mol. The third-order valence-electron chi connectivity index (χ3n) is 4.41. The van der Waals surface area contributed by atoms with Crippen LogP contribution >= 0.6 is 0 Å². The molecule has 2 aromatic heterocycles. The van der Waals surface area contributed by atoms with Crippen LogP contribution in [-0.4, -0.2) is 23.1 Å². The van der Waals surface area contributed by atoms with E-state index in [1.807, 2.05) is 18.3 Å². The lowest BCUT2D eigenvalue weighted by atomic mass is 9.95. The molecule has 1 saturated heterocycles. The summed E-state index contributed by atoms with van der Waals surface area (Å²) in [5, 5.41) is 4.64. The molecule has 3 heterocycles. The Balaban J connectivity index is 1.78. The standard InChI is InChI=1S/C19H19N3/c1-6-16(15-7-4-12-21-18(15)9-1)19-10-2-8-17(22-19)14-5-3-11-20-13-14/h1-2,4,6-10,12,14,20H,3,5,11,13H2. The third kappa shape index (κ3) is 2.48. The van der Waals surface area contributed by atoms with Gasteiger partial charge in [0, 0.05) is 35.3 Å². The molecule has 0 saturated carbocycles. The highest BCUT2D eigenvalue weighted by molar-refractivity contribution is 5.93. The van der Waals surface area contributed by atoms with E-state index in [-0.39, 0.29) is 0 Å². The fourth-order valence-electron chi connectivity index (χ4n) is 3.26. The van der Waals surface area contributed by atoms with Crippen LogP contribution < -0.4 is 5.32 Å². The van der Waals surface area contributed by atoms with Gasteiger partial charge in [-0.1, -0.05) is 24.3 Å². The van der Waals surface area contributed by atoms with Gasteiger partial charge in [-0.25, -0.2) is 0 Å². The second kappa shape index (κ2) is 5.85. The molecule has 1 unspecified atom stereocenters. The number of nitrogens with zero attached hydrogens (tertiary/aromatic N) is 2. The van der Waals surface area contributed by atoms with Crippen molar-refractivity contribution in [2.45, 2.75) is 18.8 Å². The van der Waals surface area contributed by atoms with E-state index in [0.717, 1.165) is 35.2 Å². The highest BCUT2D eigenvalue weighted by Gasteiger charge is 2.17. The Labute approximate surface area is 130 Å². The molecule has 1 N–H and O–H groups in total. The molecule has 3 nitrogen and oxygen atoms in total. The fraction of sp³-hybridized carbons (Fsp3) is 0.263. The minimum absolute atomic E-state index is 0.529. The molecule has 1 aliphatic rings. The van der Waals surface area contributed by atoms with Crippen molar-refractivity contribution < 1.29 is 0 Å². The Morgan fingerprint density at radius 3 is 2.86 bits per heavy atom. The van der Waals surface area contributed by atoms with Gasteiger partial charge < -0.3 is 5.32 Å². The van der Waals surface area contributed by atoms with E-state index in [1.54, 1.807) is 0 Å². The molecule has 4 rings (SSSR count). The highest BCUT2D eigenvalue weighted by atomic mass is 14.9. The Bertz CT molecular complexity index is 786. The van der Waals surface area contributed by atoms with Crippen LogP contribution in [0.15, 0.2) is 54.7 Å². The van der Waals surface area contributed by atoms with Crippen LogP contribution in [0.2, 0.25) is 0 Å². The monoisotopic (exact) mass is 289 g/mol. The first-order valence-electron chi connectivity index (χ1n) is 7.93. The van der Waals surface area contributed by atoms with Crippen LogP contribution in [0.5, 0.6) is 0 Å².